The van der Waals surface area contributed by atoms with Crippen LogP contribution >= 0.6 is 11.6 Å². The van der Waals surface area contributed by atoms with E-state index in [-0.39, 0.29) is 10.7 Å². The molecule has 0 spiro atoms. The number of rotatable bonds is 9. The Hall–Kier alpha value is -3.10. The van der Waals surface area contributed by atoms with Gasteiger partial charge in [-0.15, -0.1) is 0 Å². The van der Waals surface area contributed by atoms with Gasteiger partial charge < -0.3 is 10.1 Å². The lowest BCUT2D eigenvalue weighted by atomic mass is 10.1. The summed E-state index contributed by atoms with van der Waals surface area (Å²) in [4.78, 5) is 12.8. The Morgan fingerprint density at radius 2 is 1.64 bits per heavy atom. The van der Waals surface area contributed by atoms with E-state index in [2.05, 4.69) is 5.32 Å². The normalized spacial score (nSPS) is 12.1. The standard InChI is InChI=1S/C24H24ClFN2O4S/c1-3-32-22-12-10-21(11-13-22)28(33(30,31)23-14-6-19(25)7-15-23)16-24(29)27-17(2)18-4-8-20(26)9-5-18/h4-15,17H,3,16H2,1-2H3,(H,27,29). The van der Waals surface area contributed by atoms with Crippen molar-refractivity contribution in [2.75, 3.05) is 17.5 Å². The number of carbonyl (C=O) groups excluding carboxylic acids is 1. The van der Waals surface area contributed by atoms with Crippen molar-refractivity contribution >= 4 is 33.2 Å². The number of hydrogen-bond donors (Lipinski definition) is 1. The summed E-state index contributed by atoms with van der Waals surface area (Å²) in [6, 6.07) is 17.4. The molecule has 0 aliphatic rings. The third kappa shape index (κ3) is 6.24. The van der Waals surface area contributed by atoms with Gasteiger partial charge in [0.05, 0.1) is 23.2 Å². The summed E-state index contributed by atoms with van der Waals surface area (Å²) in [5.41, 5.74) is 0.996. The minimum atomic E-state index is -4.07. The van der Waals surface area contributed by atoms with Crippen LogP contribution in [0.4, 0.5) is 10.1 Å². The second-order valence-electron chi connectivity index (χ2n) is 7.23. The van der Waals surface area contributed by atoms with Gasteiger partial charge in [0.1, 0.15) is 18.1 Å². The number of benzene rings is 3. The molecule has 3 aromatic rings. The summed E-state index contributed by atoms with van der Waals surface area (Å²) in [6.45, 7) is 3.60. The zero-order valence-corrected chi connectivity index (χ0v) is 19.7. The number of anilines is 1. The second-order valence-corrected chi connectivity index (χ2v) is 9.53. The molecule has 0 aliphatic carbocycles. The summed E-state index contributed by atoms with van der Waals surface area (Å²) in [5.74, 6) is -0.314. The zero-order valence-electron chi connectivity index (χ0n) is 18.2. The Bertz CT molecular complexity index is 1180. The molecule has 0 fully saturated rings. The van der Waals surface area contributed by atoms with Gasteiger partial charge in [-0.2, -0.15) is 0 Å². The van der Waals surface area contributed by atoms with Crippen molar-refractivity contribution < 1.29 is 22.3 Å². The molecule has 0 saturated carbocycles. The van der Waals surface area contributed by atoms with Crippen molar-refractivity contribution in [1.29, 1.82) is 0 Å². The molecule has 3 aromatic carbocycles. The van der Waals surface area contributed by atoms with Gasteiger partial charge in [-0.25, -0.2) is 12.8 Å². The van der Waals surface area contributed by atoms with E-state index in [9.17, 15) is 17.6 Å². The van der Waals surface area contributed by atoms with E-state index in [4.69, 9.17) is 16.3 Å². The fourth-order valence-corrected chi connectivity index (χ4v) is 4.72. The average molecular weight is 491 g/mol. The molecule has 174 valence electrons. The first-order chi connectivity index (χ1) is 15.7. The fraction of sp³-hybridized carbons (Fsp3) is 0.208. The maximum absolute atomic E-state index is 13.4. The largest absolute Gasteiger partial charge is 0.494 e. The third-order valence-electron chi connectivity index (χ3n) is 4.87. The van der Waals surface area contributed by atoms with Crippen molar-refractivity contribution in [3.63, 3.8) is 0 Å². The number of sulfonamides is 1. The third-order valence-corrected chi connectivity index (χ3v) is 6.91. The second kappa shape index (κ2) is 10.7. The predicted octanol–water partition coefficient (Wildman–Crippen LogP) is 4.95. The molecule has 0 heterocycles. The van der Waals surface area contributed by atoms with Crippen LogP contribution in [0.15, 0.2) is 77.7 Å². The van der Waals surface area contributed by atoms with Gasteiger partial charge in [0.15, 0.2) is 0 Å². The molecule has 1 N–H and O–H groups in total. The van der Waals surface area contributed by atoms with E-state index in [1.165, 1.54) is 36.4 Å². The van der Waals surface area contributed by atoms with E-state index in [1.807, 2.05) is 6.92 Å². The molecule has 1 atom stereocenters. The number of halogens is 2. The Kier molecular flexibility index (Phi) is 7.94. The number of nitrogens with zero attached hydrogens (tertiary/aromatic N) is 1. The Balaban J connectivity index is 1.88. The monoisotopic (exact) mass is 490 g/mol. The van der Waals surface area contributed by atoms with Gasteiger partial charge >= 0.3 is 0 Å². The summed E-state index contributed by atoms with van der Waals surface area (Å²) >= 11 is 5.91. The molecule has 0 radical (unpaired) electrons. The molecule has 0 aliphatic heterocycles. The van der Waals surface area contributed by atoms with Gasteiger partial charge in [-0.1, -0.05) is 23.7 Å². The van der Waals surface area contributed by atoms with E-state index in [0.29, 0.717) is 28.6 Å². The first kappa shape index (κ1) is 24.5. The number of hydrogen-bond acceptors (Lipinski definition) is 4. The quantitative estimate of drug-likeness (QED) is 0.460. The van der Waals surface area contributed by atoms with Crippen LogP contribution in [-0.2, 0) is 14.8 Å². The molecule has 6 nitrogen and oxygen atoms in total. The molecule has 0 saturated heterocycles. The number of amides is 1. The topological polar surface area (TPSA) is 75.7 Å². The van der Waals surface area contributed by atoms with Crippen molar-refractivity contribution in [2.24, 2.45) is 0 Å². The van der Waals surface area contributed by atoms with E-state index < -0.39 is 28.5 Å². The van der Waals surface area contributed by atoms with Crippen LogP contribution in [0.25, 0.3) is 0 Å². The van der Waals surface area contributed by atoms with Crippen LogP contribution in [0, 0.1) is 5.82 Å². The van der Waals surface area contributed by atoms with Crippen LogP contribution in [0.1, 0.15) is 25.5 Å². The highest BCUT2D eigenvalue weighted by atomic mass is 35.5. The molecular weight excluding hydrogens is 467 g/mol. The van der Waals surface area contributed by atoms with Crippen LogP contribution in [0.2, 0.25) is 5.02 Å². The van der Waals surface area contributed by atoms with Gasteiger partial charge in [-0.3, -0.25) is 9.10 Å². The van der Waals surface area contributed by atoms with Crippen LogP contribution in [0.3, 0.4) is 0 Å². The number of carbonyl (C=O) groups is 1. The summed E-state index contributed by atoms with van der Waals surface area (Å²) in [5, 5.41) is 3.16. The van der Waals surface area contributed by atoms with Crippen LogP contribution < -0.4 is 14.4 Å². The SMILES string of the molecule is CCOc1ccc(N(CC(=O)NC(C)c2ccc(F)cc2)S(=O)(=O)c2ccc(Cl)cc2)cc1. The summed E-state index contributed by atoms with van der Waals surface area (Å²) in [7, 11) is -4.07. The smallest absolute Gasteiger partial charge is 0.264 e. The van der Waals surface area contributed by atoms with Gasteiger partial charge in [0, 0.05) is 5.02 Å². The number of ether oxygens (including phenoxy) is 1. The average Bonchev–Trinajstić information content (AvgIpc) is 2.79. The van der Waals surface area contributed by atoms with E-state index in [0.717, 1.165) is 4.31 Å². The van der Waals surface area contributed by atoms with Gasteiger partial charge in [0.25, 0.3) is 10.0 Å². The highest BCUT2D eigenvalue weighted by molar-refractivity contribution is 7.92. The van der Waals surface area contributed by atoms with Crippen LogP contribution in [-0.4, -0.2) is 27.5 Å². The van der Waals surface area contributed by atoms with Gasteiger partial charge in [0.2, 0.25) is 5.91 Å². The molecule has 1 unspecified atom stereocenters. The van der Waals surface area contributed by atoms with Crippen molar-refractivity contribution in [3.05, 3.63) is 89.2 Å². The zero-order chi connectivity index (χ0) is 24.0. The van der Waals surface area contributed by atoms with Crippen LogP contribution in [0.5, 0.6) is 5.75 Å². The Labute approximate surface area is 198 Å². The highest BCUT2D eigenvalue weighted by Crippen LogP contribution is 2.27. The Morgan fingerprint density at radius 1 is 1.03 bits per heavy atom. The van der Waals surface area contributed by atoms with E-state index in [1.54, 1.807) is 43.3 Å². The maximum Gasteiger partial charge on any atom is 0.264 e. The molecule has 0 aromatic heterocycles. The highest BCUT2D eigenvalue weighted by Gasteiger charge is 2.28. The van der Waals surface area contributed by atoms with Crippen molar-refractivity contribution in [1.82, 2.24) is 5.32 Å². The lowest BCUT2D eigenvalue weighted by Crippen LogP contribution is -2.41. The fourth-order valence-electron chi connectivity index (χ4n) is 3.18. The number of nitrogens with one attached hydrogen (secondary N) is 1. The molecule has 33 heavy (non-hydrogen) atoms. The minimum absolute atomic E-state index is 0.000155. The molecule has 0 bridgehead atoms. The minimum Gasteiger partial charge on any atom is -0.494 e. The van der Waals surface area contributed by atoms with Crippen molar-refractivity contribution in [2.45, 2.75) is 24.8 Å². The predicted molar refractivity (Wildman–Crippen MR) is 127 cm³/mol. The first-order valence-corrected chi connectivity index (χ1v) is 12.1. The lowest BCUT2D eigenvalue weighted by Gasteiger charge is -2.25. The lowest BCUT2D eigenvalue weighted by molar-refractivity contribution is -0.120. The molecular formula is C24H24ClFN2O4S. The Morgan fingerprint density at radius 3 is 2.21 bits per heavy atom. The molecule has 9 heteroatoms. The van der Waals surface area contributed by atoms with E-state index >= 15 is 0 Å². The summed E-state index contributed by atoms with van der Waals surface area (Å²) in [6.07, 6.45) is 0. The molecule has 1 amide bonds. The van der Waals surface area contributed by atoms with Crippen molar-refractivity contribution in [3.8, 4) is 5.75 Å². The first-order valence-electron chi connectivity index (χ1n) is 10.3. The van der Waals surface area contributed by atoms with Gasteiger partial charge in [-0.05, 0) is 80.1 Å². The maximum atomic E-state index is 13.4. The molecule has 3 rings (SSSR count). The summed E-state index contributed by atoms with van der Waals surface area (Å²) < 4.78 is 46.5.